The highest BCUT2D eigenvalue weighted by atomic mass is 16.3. The summed E-state index contributed by atoms with van der Waals surface area (Å²) in [6, 6.07) is 16.5. The van der Waals surface area contributed by atoms with Crippen LogP contribution in [-0.4, -0.2) is 5.11 Å². The van der Waals surface area contributed by atoms with Gasteiger partial charge in [-0.1, -0.05) is 48.5 Å². The van der Waals surface area contributed by atoms with Crippen molar-refractivity contribution in [3.05, 3.63) is 70.8 Å². The van der Waals surface area contributed by atoms with Gasteiger partial charge in [0.15, 0.2) is 0 Å². The Balaban J connectivity index is 2.05. The van der Waals surface area contributed by atoms with Crippen molar-refractivity contribution in [2.75, 3.05) is 0 Å². The highest BCUT2D eigenvalue weighted by Crippen LogP contribution is 2.38. The molecule has 0 spiro atoms. The van der Waals surface area contributed by atoms with Gasteiger partial charge >= 0.3 is 0 Å². The largest absolute Gasteiger partial charge is 0.384 e. The lowest BCUT2D eigenvalue weighted by Gasteiger charge is -2.24. The van der Waals surface area contributed by atoms with Crippen LogP contribution in [-0.2, 0) is 18.4 Å². The second-order valence-corrected chi connectivity index (χ2v) is 4.97. The highest BCUT2D eigenvalue weighted by Gasteiger charge is 2.37. The Morgan fingerprint density at radius 2 is 1.41 bits per heavy atom. The molecule has 2 aromatic rings. The highest BCUT2D eigenvalue weighted by molar-refractivity contribution is 5.42. The predicted molar refractivity (Wildman–Crippen MR) is 68.9 cm³/mol. The number of rotatable bonds is 1. The SMILES string of the molecule is Cc1ccccc1C1(O)Cc2ccccc2C1. The average molecular weight is 224 g/mol. The Hall–Kier alpha value is -1.60. The molecule has 0 radical (unpaired) electrons. The van der Waals surface area contributed by atoms with Crippen molar-refractivity contribution in [1.82, 2.24) is 0 Å². The first-order valence-corrected chi connectivity index (χ1v) is 6.04. The molecule has 0 unspecified atom stereocenters. The molecule has 0 aliphatic heterocycles. The average Bonchev–Trinajstić information content (AvgIpc) is 2.66. The molecule has 1 heteroatoms. The molecule has 0 atom stereocenters. The number of aliphatic hydroxyl groups is 1. The van der Waals surface area contributed by atoms with Gasteiger partial charge in [0.2, 0.25) is 0 Å². The molecular weight excluding hydrogens is 208 g/mol. The van der Waals surface area contributed by atoms with Gasteiger partial charge < -0.3 is 5.11 Å². The van der Waals surface area contributed by atoms with Gasteiger partial charge in [0.1, 0.15) is 0 Å². The van der Waals surface area contributed by atoms with E-state index in [0.29, 0.717) is 0 Å². The summed E-state index contributed by atoms with van der Waals surface area (Å²) in [5.74, 6) is 0. The van der Waals surface area contributed by atoms with E-state index in [9.17, 15) is 5.11 Å². The Morgan fingerprint density at radius 3 is 2.00 bits per heavy atom. The lowest BCUT2D eigenvalue weighted by molar-refractivity contribution is 0.0476. The summed E-state index contributed by atoms with van der Waals surface area (Å²) in [6.45, 7) is 2.07. The van der Waals surface area contributed by atoms with Crippen LogP contribution in [0, 0.1) is 6.92 Å². The van der Waals surface area contributed by atoms with E-state index in [2.05, 4.69) is 25.1 Å². The zero-order valence-electron chi connectivity index (χ0n) is 9.98. The van der Waals surface area contributed by atoms with Gasteiger partial charge in [-0.15, -0.1) is 0 Å². The third-order valence-electron chi connectivity index (χ3n) is 3.73. The Bertz CT molecular complexity index is 532. The fourth-order valence-corrected chi connectivity index (χ4v) is 2.88. The topological polar surface area (TPSA) is 20.2 Å². The quantitative estimate of drug-likeness (QED) is 0.789. The van der Waals surface area contributed by atoms with E-state index in [1.165, 1.54) is 16.7 Å². The van der Waals surface area contributed by atoms with Crippen LogP contribution in [0.4, 0.5) is 0 Å². The van der Waals surface area contributed by atoms with Crippen molar-refractivity contribution in [3.63, 3.8) is 0 Å². The molecule has 0 aromatic heterocycles. The summed E-state index contributed by atoms with van der Waals surface area (Å²) in [6.07, 6.45) is 1.46. The molecule has 3 rings (SSSR count). The van der Waals surface area contributed by atoms with Crippen molar-refractivity contribution >= 4 is 0 Å². The zero-order valence-corrected chi connectivity index (χ0v) is 9.98. The minimum atomic E-state index is -0.713. The normalized spacial score (nSPS) is 16.8. The summed E-state index contributed by atoms with van der Waals surface area (Å²) in [5, 5.41) is 10.9. The number of aryl methyl sites for hydroxylation is 1. The first kappa shape index (κ1) is 10.5. The van der Waals surface area contributed by atoms with Gasteiger partial charge in [0.05, 0.1) is 5.60 Å². The first-order chi connectivity index (χ1) is 8.19. The third-order valence-corrected chi connectivity index (χ3v) is 3.73. The van der Waals surface area contributed by atoms with E-state index in [-0.39, 0.29) is 0 Å². The van der Waals surface area contributed by atoms with Crippen molar-refractivity contribution in [2.24, 2.45) is 0 Å². The third kappa shape index (κ3) is 1.67. The molecule has 0 heterocycles. The minimum absolute atomic E-state index is 0.713. The maximum Gasteiger partial charge on any atom is 0.0979 e. The van der Waals surface area contributed by atoms with E-state index in [1.807, 2.05) is 30.3 Å². The lowest BCUT2D eigenvalue weighted by Crippen LogP contribution is -2.27. The smallest absolute Gasteiger partial charge is 0.0979 e. The van der Waals surface area contributed by atoms with Crippen LogP contribution in [0.5, 0.6) is 0 Å². The van der Waals surface area contributed by atoms with Crippen LogP contribution in [0.2, 0.25) is 0 Å². The number of hydrogen-bond acceptors (Lipinski definition) is 1. The van der Waals surface area contributed by atoms with Crippen molar-refractivity contribution in [2.45, 2.75) is 25.4 Å². The predicted octanol–water partition coefficient (Wildman–Crippen LogP) is 2.98. The molecule has 17 heavy (non-hydrogen) atoms. The van der Waals surface area contributed by atoms with Crippen LogP contribution in [0.3, 0.4) is 0 Å². The Kier molecular flexibility index (Phi) is 2.30. The van der Waals surface area contributed by atoms with Crippen molar-refractivity contribution in [1.29, 1.82) is 0 Å². The molecule has 1 aliphatic rings. The fraction of sp³-hybridized carbons (Fsp3) is 0.250. The molecule has 2 aromatic carbocycles. The monoisotopic (exact) mass is 224 g/mol. The molecule has 1 N–H and O–H groups in total. The van der Waals surface area contributed by atoms with Gasteiger partial charge in [-0.2, -0.15) is 0 Å². The van der Waals surface area contributed by atoms with Crippen LogP contribution < -0.4 is 0 Å². The molecule has 0 saturated carbocycles. The standard InChI is InChI=1S/C16H16O/c1-12-6-2-5-9-15(12)16(17)10-13-7-3-4-8-14(13)11-16/h2-9,17H,10-11H2,1H3. The number of benzene rings is 2. The van der Waals surface area contributed by atoms with Gasteiger partial charge in [0.25, 0.3) is 0 Å². The summed E-state index contributed by atoms with van der Waals surface area (Å²) >= 11 is 0. The molecular formula is C16H16O. The molecule has 1 nitrogen and oxygen atoms in total. The van der Waals surface area contributed by atoms with E-state index < -0.39 is 5.60 Å². The molecule has 0 bridgehead atoms. The first-order valence-electron chi connectivity index (χ1n) is 6.04. The maximum absolute atomic E-state index is 10.9. The fourth-order valence-electron chi connectivity index (χ4n) is 2.88. The number of fused-ring (bicyclic) bond motifs is 1. The molecule has 0 saturated heterocycles. The lowest BCUT2D eigenvalue weighted by atomic mass is 9.88. The van der Waals surface area contributed by atoms with Crippen molar-refractivity contribution < 1.29 is 5.11 Å². The van der Waals surface area contributed by atoms with Gasteiger partial charge in [-0.3, -0.25) is 0 Å². The second-order valence-electron chi connectivity index (χ2n) is 4.97. The Labute approximate surface area is 102 Å². The van der Waals surface area contributed by atoms with Gasteiger partial charge in [0, 0.05) is 12.8 Å². The molecule has 86 valence electrons. The second kappa shape index (κ2) is 3.71. The molecule has 1 aliphatic carbocycles. The van der Waals surface area contributed by atoms with E-state index >= 15 is 0 Å². The van der Waals surface area contributed by atoms with E-state index in [4.69, 9.17) is 0 Å². The minimum Gasteiger partial charge on any atom is -0.384 e. The Morgan fingerprint density at radius 1 is 0.882 bits per heavy atom. The van der Waals surface area contributed by atoms with Crippen LogP contribution in [0.15, 0.2) is 48.5 Å². The van der Waals surface area contributed by atoms with E-state index in [0.717, 1.165) is 18.4 Å². The van der Waals surface area contributed by atoms with Crippen LogP contribution in [0.25, 0.3) is 0 Å². The molecule has 0 amide bonds. The number of hydrogen-bond donors (Lipinski definition) is 1. The molecule has 0 fully saturated rings. The van der Waals surface area contributed by atoms with Crippen molar-refractivity contribution in [3.8, 4) is 0 Å². The summed E-state index contributed by atoms with van der Waals surface area (Å²) in [4.78, 5) is 0. The van der Waals surface area contributed by atoms with Crippen LogP contribution in [0.1, 0.15) is 22.3 Å². The summed E-state index contributed by atoms with van der Waals surface area (Å²) in [5.41, 5.74) is 4.07. The van der Waals surface area contributed by atoms with Gasteiger partial charge in [-0.25, -0.2) is 0 Å². The summed E-state index contributed by atoms with van der Waals surface area (Å²) < 4.78 is 0. The zero-order chi connectivity index (χ0) is 11.9. The maximum atomic E-state index is 10.9. The van der Waals surface area contributed by atoms with E-state index in [1.54, 1.807) is 0 Å². The van der Waals surface area contributed by atoms with Gasteiger partial charge in [-0.05, 0) is 29.2 Å². The summed E-state index contributed by atoms with van der Waals surface area (Å²) in [7, 11) is 0. The van der Waals surface area contributed by atoms with Crippen LogP contribution >= 0.6 is 0 Å².